The molecular formula is C17H22FIN4O. The Morgan fingerprint density at radius 2 is 2.29 bits per heavy atom. The van der Waals surface area contributed by atoms with Gasteiger partial charge in [0.05, 0.1) is 36.4 Å². The highest BCUT2D eigenvalue weighted by Crippen LogP contribution is 2.34. The molecule has 1 aromatic carbocycles. The molecule has 0 amide bonds. The molecule has 2 saturated heterocycles. The van der Waals surface area contributed by atoms with Crippen LogP contribution in [0.3, 0.4) is 0 Å². The zero-order valence-electron chi connectivity index (χ0n) is 13.6. The highest BCUT2D eigenvalue weighted by molar-refractivity contribution is 14.0. The van der Waals surface area contributed by atoms with E-state index in [1.807, 2.05) is 13.0 Å². The molecular weight excluding hydrogens is 422 g/mol. The highest BCUT2D eigenvalue weighted by atomic mass is 127. The number of aliphatic imine (C=N–C) groups is 1. The summed E-state index contributed by atoms with van der Waals surface area (Å²) >= 11 is 0. The first-order valence-electron chi connectivity index (χ1n) is 8.08. The van der Waals surface area contributed by atoms with Gasteiger partial charge in [-0.3, -0.25) is 0 Å². The standard InChI is InChI=1S/C17H21FN4O.HI/c1-2-20-17(22-15-8-13-5-6-16(15)23-13)21-10-12-4-3-11(9-19)7-14(12)18;/h3-4,7,13,15-16H,2,5-6,8,10H2,1H3,(H2,20,21,22);1H. The molecule has 0 radical (unpaired) electrons. The van der Waals surface area contributed by atoms with E-state index in [0.717, 1.165) is 25.8 Å². The molecule has 2 fully saturated rings. The third-order valence-corrected chi connectivity index (χ3v) is 4.36. The van der Waals surface area contributed by atoms with Crippen LogP contribution in [0.4, 0.5) is 4.39 Å². The summed E-state index contributed by atoms with van der Waals surface area (Å²) in [6, 6.07) is 6.67. The van der Waals surface area contributed by atoms with Crippen LogP contribution in [0.2, 0.25) is 0 Å². The van der Waals surface area contributed by atoms with Gasteiger partial charge in [-0.05, 0) is 38.3 Å². The smallest absolute Gasteiger partial charge is 0.191 e. The van der Waals surface area contributed by atoms with Crippen LogP contribution in [0.5, 0.6) is 0 Å². The van der Waals surface area contributed by atoms with Gasteiger partial charge in [-0.25, -0.2) is 9.38 Å². The van der Waals surface area contributed by atoms with Crippen molar-refractivity contribution in [3.8, 4) is 6.07 Å². The lowest BCUT2D eigenvalue weighted by molar-refractivity contribution is 0.0992. The monoisotopic (exact) mass is 444 g/mol. The first-order valence-corrected chi connectivity index (χ1v) is 8.08. The van der Waals surface area contributed by atoms with Gasteiger partial charge in [0.15, 0.2) is 5.96 Å². The van der Waals surface area contributed by atoms with E-state index in [1.165, 1.54) is 6.07 Å². The van der Waals surface area contributed by atoms with E-state index in [4.69, 9.17) is 10.00 Å². The Morgan fingerprint density at radius 1 is 1.46 bits per heavy atom. The van der Waals surface area contributed by atoms with Crippen molar-refractivity contribution >= 4 is 29.9 Å². The van der Waals surface area contributed by atoms with Gasteiger partial charge in [-0.15, -0.1) is 24.0 Å². The molecule has 0 saturated carbocycles. The zero-order valence-corrected chi connectivity index (χ0v) is 15.9. The molecule has 2 heterocycles. The second-order valence-corrected chi connectivity index (χ2v) is 5.97. The summed E-state index contributed by atoms with van der Waals surface area (Å²) < 4.78 is 19.8. The number of rotatable bonds is 4. The molecule has 2 aliphatic heterocycles. The fraction of sp³-hybridized carbons (Fsp3) is 0.529. The van der Waals surface area contributed by atoms with E-state index >= 15 is 0 Å². The minimum atomic E-state index is -0.396. The summed E-state index contributed by atoms with van der Waals surface area (Å²) in [7, 11) is 0. The van der Waals surface area contributed by atoms with Gasteiger partial charge in [0, 0.05) is 12.1 Å². The average Bonchev–Trinajstić information content (AvgIpc) is 3.16. The molecule has 0 aromatic heterocycles. The highest BCUT2D eigenvalue weighted by Gasteiger charge is 2.41. The van der Waals surface area contributed by atoms with Gasteiger partial charge >= 0.3 is 0 Å². The Bertz CT molecular complexity index is 646. The maximum absolute atomic E-state index is 13.9. The largest absolute Gasteiger partial charge is 0.373 e. The Hall–Kier alpha value is -1.40. The van der Waals surface area contributed by atoms with Crippen molar-refractivity contribution in [1.29, 1.82) is 5.26 Å². The molecule has 0 spiro atoms. The summed E-state index contributed by atoms with van der Waals surface area (Å²) in [5.74, 6) is 0.282. The average molecular weight is 444 g/mol. The van der Waals surface area contributed by atoms with Crippen LogP contribution in [0.25, 0.3) is 0 Å². The van der Waals surface area contributed by atoms with E-state index in [-0.39, 0.29) is 42.7 Å². The molecule has 130 valence electrons. The first kappa shape index (κ1) is 18.9. The lowest BCUT2D eigenvalue weighted by Crippen LogP contribution is -2.47. The van der Waals surface area contributed by atoms with Gasteiger partial charge in [-0.2, -0.15) is 5.26 Å². The van der Waals surface area contributed by atoms with E-state index in [1.54, 1.807) is 12.1 Å². The summed E-state index contributed by atoms with van der Waals surface area (Å²) in [6.45, 7) is 2.97. The van der Waals surface area contributed by atoms with Crippen LogP contribution in [0, 0.1) is 17.1 Å². The molecule has 1 aromatic rings. The maximum Gasteiger partial charge on any atom is 0.191 e. The molecule has 7 heteroatoms. The van der Waals surface area contributed by atoms with E-state index in [2.05, 4.69) is 15.6 Å². The molecule has 2 N–H and O–H groups in total. The molecule has 2 aliphatic rings. The van der Waals surface area contributed by atoms with Crippen molar-refractivity contribution in [1.82, 2.24) is 10.6 Å². The second kappa shape index (κ2) is 8.62. The van der Waals surface area contributed by atoms with Crippen LogP contribution < -0.4 is 10.6 Å². The Labute approximate surface area is 158 Å². The predicted molar refractivity (Wildman–Crippen MR) is 101 cm³/mol. The SMILES string of the molecule is CCNC(=NCc1ccc(C#N)cc1F)NC1CC2CCC1O2.I. The molecule has 3 atom stereocenters. The lowest BCUT2D eigenvalue weighted by atomic mass is 9.96. The quantitative estimate of drug-likeness (QED) is 0.426. The maximum atomic E-state index is 13.9. The van der Waals surface area contributed by atoms with Crippen LogP contribution in [-0.4, -0.2) is 30.8 Å². The third kappa shape index (κ3) is 4.36. The third-order valence-electron chi connectivity index (χ3n) is 4.36. The summed E-state index contributed by atoms with van der Waals surface area (Å²) in [5, 5.41) is 15.4. The van der Waals surface area contributed by atoms with Crippen molar-refractivity contribution in [2.45, 2.75) is 51.0 Å². The van der Waals surface area contributed by atoms with Crippen LogP contribution in [-0.2, 0) is 11.3 Å². The number of guanidine groups is 1. The number of nitriles is 1. The summed E-state index contributed by atoms with van der Waals surface area (Å²) in [6.07, 6.45) is 3.87. The van der Waals surface area contributed by atoms with Crippen LogP contribution in [0.15, 0.2) is 23.2 Å². The fourth-order valence-corrected chi connectivity index (χ4v) is 3.19. The van der Waals surface area contributed by atoms with Gasteiger partial charge in [0.1, 0.15) is 5.82 Å². The lowest BCUT2D eigenvalue weighted by Gasteiger charge is -2.22. The molecule has 5 nitrogen and oxygen atoms in total. The minimum Gasteiger partial charge on any atom is -0.373 e. The number of fused-ring (bicyclic) bond motifs is 2. The Morgan fingerprint density at radius 3 is 2.88 bits per heavy atom. The first-order chi connectivity index (χ1) is 11.2. The van der Waals surface area contributed by atoms with Crippen molar-refractivity contribution in [3.05, 3.63) is 35.1 Å². The zero-order chi connectivity index (χ0) is 16.2. The number of benzene rings is 1. The summed E-state index contributed by atoms with van der Waals surface area (Å²) in [5.41, 5.74) is 0.796. The topological polar surface area (TPSA) is 69.4 Å². The van der Waals surface area contributed by atoms with E-state index < -0.39 is 5.82 Å². The number of ether oxygens (including phenoxy) is 1. The summed E-state index contributed by atoms with van der Waals surface area (Å²) in [4.78, 5) is 4.46. The van der Waals surface area contributed by atoms with Crippen molar-refractivity contribution in [2.75, 3.05) is 6.54 Å². The number of hydrogen-bond acceptors (Lipinski definition) is 3. The predicted octanol–water partition coefficient (Wildman–Crippen LogP) is 2.69. The number of nitrogens with one attached hydrogen (secondary N) is 2. The van der Waals surface area contributed by atoms with Gasteiger partial charge < -0.3 is 15.4 Å². The van der Waals surface area contributed by atoms with Crippen molar-refractivity contribution in [3.63, 3.8) is 0 Å². The van der Waals surface area contributed by atoms with E-state index in [9.17, 15) is 4.39 Å². The van der Waals surface area contributed by atoms with Crippen LogP contribution >= 0.6 is 24.0 Å². The van der Waals surface area contributed by atoms with Crippen LogP contribution in [0.1, 0.15) is 37.3 Å². The molecule has 2 bridgehead atoms. The number of nitrogens with zero attached hydrogens (tertiary/aromatic N) is 2. The van der Waals surface area contributed by atoms with Gasteiger partial charge in [0.25, 0.3) is 0 Å². The minimum absolute atomic E-state index is 0. The molecule has 24 heavy (non-hydrogen) atoms. The second-order valence-electron chi connectivity index (χ2n) is 5.97. The molecule has 0 aliphatic carbocycles. The normalized spacial score (nSPS) is 25.0. The van der Waals surface area contributed by atoms with Gasteiger partial charge in [-0.1, -0.05) is 6.07 Å². The number of hydrogen-bond donors (Lipinski definition) is 2. The molecule has 3 rings (SSSR count). The van der Waals surface area contributed by atoms with Crippen molar-refractivity contribution < 1.29 is 9.13 Å². The number of halogens is 2. The molecule has 3 unspecified atom stereocenters. The Balaban J connectivity index is 0.00000208. The van der Waals surface area contributed by atoms with Crippen molar-refractivity contribution in [2.24, 2.45) is 4.99 Å². The Kier molecular flexibility index (Phi) is 6.80. The van der Waals surface area contributed by atoms with Gasteiger partial charge in [0.2, 0.25) is 0 Å². The fourth-order valence-electron chi connectivity index (χ4n) is 3.19. The van der Waals surface area contributed by atoms with E-state index in [0.29, 0.717) is 23.2 Å².